The first kappa shape index (κ1) is 21.8. The largest absolute Gasteiger partial charge is 0.366 e. The number of unbranched alkanes of at least 4 members (excludes halogenated alkanes) is 1. The van der Waals surface area contributed by atoms with E-state index in [0.717, 1.165) is 30.7 Å². The van der Waals surface area contributed by atoms with Gasteiger partial charge in [-0.1, -0.05) is 25.1 Å². The predicted octanol–water partition coefficient (Wildman–Crippen LogP) is 3.30. The highest BCUT2D eigenvalue weighted by atomic mass is 32.2. The van der Waals surface area contributed by atoms with E-state index in [1.807, 2.05) is 13.8 Å². The Balaban J connectivity index is 1.72. The number of fused-ring (bicyclic) bond motifs is 1. The van der Waals surface area contributed by atoms with Crippen LogP contribution in [0.15, 0.2) is 29.4 Å². The third-order valence-electron chi connectivity index (χ3n) is 4.90. The van der Waals surface area contributed by atoms with E-state index < -0.39 is 11.2 Å². The number of aryl methyl sites for hydroxylation is 2. The molecule has 9 heteroatoms. The first-order valence-electron chi connectivity index (χ1n) is 9.90. The third-order valence-corrected chi connectivity index (χ3v) is 5.85. The second kappa shape index (κ2) is 9.25. The standard InChI is InChI=1S/C21H26N6O2S/c1-5-6-7-17-12(2)23-20-25-21(26-27(20)13(17)3)30-14(4)19(29)24-16-10-8-15(9-11-16)18(22)28/h8-11,14H,5-7H2,1-4H3,(H2,22,28)(H,24,29). The summed E-state index contributed by atoms with van der Waals surface area (Å²) in [4.78, 5) is 32.8. The first-order chi connectivity index (χ1) is 14.3. The van der Waals surface area contributed by atoms with Crippen molar-refractivity contribution < 1.29 is 9.59 Å². The minimum atomic E-state index is -0.508. The maximum atomic E-state index is 12.5. The number of aromatic nitrogens is 4. The Morgan fingerprint density at radius 2 is 1.90 bits per heavy atom. The molecule has 0 fully saturated rings. The number of amides is 2. The van der Waals surface area contributed by atoms with Crippen molar-refractivity contribution in [1.82, 2.24) is 19.6 Å². The molecule has 158 valence electrons. The van der Waals surface area contributed by atoms with Crippen molar-refractivity contribution in [3.05, 3.63) is 46.8 Å². The third kappa shape index (κ3) is 4.79. The van der Waals surface area contributed by atoms with E-state index in [1.165, 1.54) is 17.3 Å². The Morgan fingerprint density at radius 1 is 1.20 bits per heavy atom. The zero-order valence-electron chi connectivity index (χ0n) is 17.6. The Kier molecular flexibility index (Phi) is 6.71. The normalized spacial score (nSPS) is 12.1. The molecule has 0 bridgehead atoms. The van der Waals surface area contributed by atoms with Gasteiger partial charge in [-0.05, 0) is 63.4 Å². The smallest absolute Gasteiger partial charge is 0.253 e. The average molecular weight is 427 g/mol. The molecule has 0 aliphatic carbocycles. The summed E-state index contributed by atoms with van der Waals surface area (Å²) in [5.41, 5.74) is 9.43. The SMILES string of the molecule is CCCCc1c(C)nc2nc(SC(C)C(=O)Nc3ccc(C(N)=O)cc3)nn2c1C. The lowest BCUT2D eigenvalue weighted by Gasteiger charge is -2.10. The molecule has 3 rings (SSSR count). The number of nitrogens with zero attached hydrogens (tertiary/aromatic N) is 4. The van der Waals surface area contributed by atoms with E-state index in [1.54, 1.807) is 35.7 Å². The van der Waals surface area contributed by atoms with Gasteiger partial charge in [-0.3, -0.25) is 9.59 Å². The Labute approximate surface area is 179 Å². The molecule has 2 heterocycles. The van der Waals surface area contributed by atoms with E-state index in [2.05, 4.69) is 27.3 Å². The molecule has 1 aromatic carbocycles. The maximum absolute atomic E-state index is 12.5. The number of carbonyl (C=O) groups is 2. The summed E-state index contributed by atoms with van der Waals surface area (Å²) >= 11 is 1.27. The topological polar surface area (TPSA) is 115 Å². The Hall–Kier alpha value is -2.94. The molecule has 3 N–H and O–H groups in total. The van der Waals surface area contributed by atoms with Crippen LogP contribution < -0.4 is 11.1 Å². The summed E-state index contributed by atoms with van der Waals surface area (Å²) in [5.74, 6) is -0.149. The number of primary amides is 1. The van der Waals surface area contributed by atoms with Crippen LogP contribution in [0.25, 0.3) is 5.78 Å². The number of carbonyl (C=O) groups excluding carboxylic acids is 2. The molecular formula is C21H26N6O2S. The Bertz CT molecular complexity index is 1080. The fourth-order valence-electron chi connectivity index (χ4n) is 3.13. The van der Waals surface area contributed by atoms with Crippen LogP contribution in [0.5, 0.6) is 0 Å². The van der Waals surface area contributed by atoms with E-state index in [9.17, 15) is 9.59 Å². The number of nitrogens with two attached hydrogens (primary N) is 1. The van der Waals surface area contributed by atoms with Crippen molar-refractivity contribution in [1.29, 1.82) is 0 Å². The average Bonchev–Trinajstić information content (AvgIpc) is 3.10. The molecule has 2 amide bonds. The summed E-state index contributed by atoms with van der Waals surface area (Å²) in [6.07, 6.45) is 3.18. The fourth-order valence-corrected chi connectivity index (χ4v) is 3.87. The quantitative estimate of drug-likeness (QED) is 0.534. The van der Waals surface area contributed by atoms with Gasteiger partial charge in [0, 0.05) is 22.6 Å². The lowest BCUT2D eigenvalue weighted by atomic mass is 10.1. The predicted molar refractivity (Wildman–Crippen MR) is 118 cm³/mol. The van der Waals surface area contributed by atoms with Crippen molar-refractivity contribution in [2.24, 2.45) is 5.73 Å². The van der Waals surface area contributed by atoms with E-state index in [0.29, 0.717) is 22.2 Å². The molecule has 30 heavy (non-hydrogen) atoms. The Morgan fingerprint density at radius 3 is 2.53 bits per heavy atom. The zero-order chi connectivity index (χ0) is 21.8. The summed E-state index contributed by atoms with van der Waals surface area (Å²) < 4.78 is 1.76. The van der Waals surface area contributed by atoms with Gasteiger partial charge >= 0.3 is 0 Å². The molecule has 8 nitrogen and oxygen atoms in total. The molecule has 1 unspecified atom stereocenters. The van der Waals surface area contributed by atoms with Crippen LogP contribution in [-0.2, 0) is 11.2 Å². The second-order valence-electron chi connectivity index (χ2n) is 7.16. The minimum Gasteiger partial charge on any atom is -0.366 e. The van der Waals surface area contributed by atoms with Crippen molar-refractivity contribution >= 4 is 35.0 Å². The molecule has 1 atom stereocenters. The van der Waals surface area contributed by atoms with Gasteiger partial charge in [0.2, 0.25) is 17.0 Å². The molecule has 0 saturated heterocycles. The molecule has 0 aliphatic rings. The number of nitrogens with one attached hydrogen (secondary N) is 1. The second-order valence-corrected chi connectivity index (χ2v) is 8.47. The number of rotatable bonds is 8. The summed E-state index contributed by atoms with van der Waals surface area (Å²) in [5, 5.41) is 7.47. The molecule has 2 aromatic heterocycles. The van der Waals surface area contributed by atoms with Crippen LogP contribution in [0.2, 0.25) is 0 Å². The number of hydrogen-bond donors (Lipinski definition) is 2. The van der Waals surface area contributed by atoms with Crippen molar-refractivity contribution in [2.75, 3.05) is 5.32 Å². The van der Waals surface area contributed by atoms with Gasteiger partial charge in [0.15, 0.2) is 0 Å². The van der Waals surface area contributed by atoms with Gasteiger partial charge in [0.25, 0.3) is 5.78 Å². The molecule has 3 aromatic rings. The number of hydrogen-bond acceptors (Lipinski definition) is 6. The molecular weight excluding hydrogens is 400 g/mol. The highest BCUT2D eigenvalue weighted by Gasteiger charge is 2.19. The molecule has 0 saturated carbocycles. The highest BCUT2D eigenvalue weighted by molar-refractivity contribution is 8.00. The van der Waals surface area contributed by atoms with Gasteiger partial charge in [-0.25, -0.2) is 9.50 Å². The summed E-state index contributed by atoms with van der Waals surface area (Å²) in [6, 6.07) is 6.44. The zero-order valence-corrected chi connectivity index (χ0v) is 18.4. The number of anilines is 1. The molecule has 0 spiro atoms. The molecule has 0 radical (unpaired) electrons. The van der Waals surface area contributed by atoms with E-state index in [-0.39, 0.29) is 5.91 Å². The molecule has 0 aliphatic heterocycles. The highest BCUT2D eigenvalue weighted by Crippen LogP contribution is 2.23. The van der Waals surface area contributed by atoms with Crippen LogP contribution >= 0.6 is 11.8 Å². The van der Waals surface area contributed by atoms with E-state index >= 15 is 0 Å². The number of benzene rings is 1. The fraction of sp³-hybridized carbons (Fsp3) is 0.381. The first-order valence-corrected chi connectivity index (χ1v) is 10.8. The lowest BCUT2D eigenvalue weighted by Crippen LogP contribution is -2.22. The van der Waals surface area contributed by atoms with Gasteiger partial charge in [0.05, 0.1) is 5.25 Å². The van der Waals surface area contributed by atoms with Gasteiger partial charge < -0.3 is 11.1 Å². The maximum Gasteiger partial charge on any atom is 0.253 e. The van der Waals surface area contributed by atoms with Crippen molar-refractivity contribution in [3.63, 3.8) is 0 Å². The van der Waals surface area contributed by atoms with Gasteiger partial charge in [-0.2, -0.15) is 4.98 Å². The van der Waals surface area contributed by atoms with Crippen LogP contribution in [-0.4, -0.2) is 36.6 Å². The van der Waals surface area contributed by atoms with Gasteiger partial charge in [0.1, 0.15) is 0 Å². The van der Waals surface area contributed by atoms with E-state index in [4.69, 9.17) is 5.73 Å². The van der Waals surface area contributed by atoms with Crippen LogP contribution in [0.3, 0.4) is 0 Å². The van der Waals surface area contributed by atoms with Crippen LogP contribution in [0.1, 0.15) is 54.0 Å². The minimum absolute atomic E-state index is 0.185. The monoisotopic (exact) mass is 426 g/mol. The summed E-state index contributed by atoms with van der Waals surface area (Å²) in [6.45, 7) is 7.99. The number of thioether (sulfide) groups is 1. The summed E-state index contributed by atoms with van der Waals surface area (Å²) in [7, 11) is 0. The van der Waals surface area contributed by atoms with Crippen molar-refractivity contribution in [2.45, 2.75) is 57.4 Å². The van der Waals surface area contributed by atoms with Crippen LogP contribution in [0, 0.1) is 13.8 Å². The van der Waals surface area contributed by atoms with Crippen molar-refractivity contribution in [3.8, 4) is 0 Å². The van der Waals surface area contributed by atoms with Crippen LogP contribution in [0.4, 0.5) is 5.69 Å². The van der Waals surface area contributed by atoms with Gasteiger partial charge in [-0.15, -0.1) is 5.10 Å². The lowest BCUT2D eigenvalue weighted by molar-refractivity contribution is -0.115.